The number of guanidine groups is 1. The molecular weight excluding hydrogens is 515 g/mol. The van der Waals surface area contributed by atoms with Gasteiger partial charge in [-0.2, -0.15) is 0 Å². The fraction of sp³-hybridized carbons (Fsp3) is 0.720. The summed E-state index contributed by atoms with van der Waals surface area (Å²) < 4.78 is 11.5. The molecule has 2 N–H and O–H groups in total. The third kappa shape index (κ3) is 10.4. The summed E-state index contributed by atoms with van der Waals surface area (Å²) in [5.74, 6) is 1.80. The molecule has 0 aromatic heterocycles. The highest BCUT2D eigenvalue weighted by Gasteiger charge is 2.15. The lowest BCUT2D eigenvalue weighted by Gasteiger charge is -2.30. The molecule has 0 saturated carbocycles. The molecule has 6 nitrogen and oxygen atoms in total. The second-order valence-corrected chi connectivity index (χ2v) is 8.94. The molecule has 0 radical (unpaired) electrons. The van der Waals surface area contributed by atoms with E-state index in [1.165, 1.54) is 43.6 Å². The number of likely N-dealkylation sites (tertiary alicyclic amines) is 1. The van der Waals surface area contributed by atoms with Crippen LogP contribution in [0.25, 0.3) is 0 Å². The maximum Gasteiger partial charge on any atom is 0.191 e. The van der Waals surface area contributed by atoms with E-state index >= 15 is 0 Å². The highest BCUT2D eigenvalue weighted by Crippen LogP contribution is 2.16. The molecule has 2 aliphatic rings. The monoisotopic (exact) mass is 558 g/mol. The van der Waals surface area contributed by atoms with E-state index in [1.54, 1.807) is 0 Å². The minimum atomic E-state index is 0. The van der Waals surface area contributed by atoms with Crippen molar-refractivity contribution in [1.82, 2.24) is 15.5 Å². The SMILES string of the molecule is CCNC(=NCc1cccc(COC2CCOCC2)c1)NCCCN1CCC(C)CC1.I. The first-order valence-corrected chi connectivity index (χ1v) is 12.2. The van der Waals surface area contributed by atoms with Crippen molar-refractivity contribution in [2.75, 3.05) is 45.9 Å². The first-order valence-electron chi connectivity index (χ1n) is 12.2. The number of ether oxygens (including phenoxy) is 2. The molecule has 0 bridgehead atoms. The van der Waals surface area contributed by atoms with Crippen molar-refractivity contribution in [2.24, 2.45) is 10.9 Å². The van der Waals surface area contributed by atoms with Gasteiger partial charge in [0.2, 0.25) is 0 Å². The van der Waals surface area contributed by atoms with E-state index in [1.807, 2.05) is 0 Å². The predicted molar refractivity (Wildman–Crippen MR) is 143 cm³/mol. The number of rotatable bonds is 10. The van der Waals surface area contributed by atoms with Crippen molar-refractivity contribution >= 4 is 29.9 Å². The van der Waals surface area contributed by atoms with Crippen LogP contribution in [-0.2, 0) is 22.6 Å². The highest BCUT2D eigenvalue weighted by molar-refractivity contribution is 14.0. The van der Waals surface area contributed by atoms with Crippen molar-refractivity contribution in [3.63, 3.8) is 0 Å². The van der Waals surface area contributed by atoms with Gasteiger partial charge in [0.1, 0.15) is 0 Å². The van der Waals surface area contributed by atoms with Gasteiger partial charge in [-0.15, -0.1) is 24.0 Å². The van der Waals surface area contributed by atoms with Crippen LogP contribution >= 0.6 is 24.0 Å². The maximum absolute atomic E-state index is 6.06. The summed E-state index contributed by atoms with van der Waals surface area (Å²) in [7, 11) is 0. The number of nitrogens with zero attached hydrogens (tertiary/aromatic N) is 2. The molecule has 0 aliphatic carbocycles. The van der Waals surface area contributed by atoms with Gasteiger partial charge in [-0.3, -0.25) is 0 Å². The van der Waals surface area contributed by atoms with Gasteiger partial charge >= 0.3 is 0 Å². The number of benzene rings is 1. The first-order chi connectivity index (χ1) is 15.2. The van der Waals surface area contributed by atoms with Gasteiger partial charge in [-0.05, 0) is 75.7 Å². The summed E-state index contributed by atoms with van der Waals surface area (Å²) in [6.45, 7) is 13.0. The molecule has 2 aliphatic heterocycles. The summed E-state index contributed by atoms with van der Waals surface area (Å²) in [4.78, 5) is 7.39. The zero-order chi connectivity index (χ0) is 21.7. The summed E-state index contributed by atoms with van der Waals surface area (Å²) in [6.07, 6.45) is 6.16. The number of hydrogen-bond acceptors (Lipinski definition) is 4. The molecule has 0 spiro atoms. The molecule has 182 valence electrons. The topological polar surface area (TPSA) is 58.1 Å². The molecule has 2 fully saturated rings. The van der Waals surface area contributed by atoms with Crippen molar-refractivity contribution in [2.45, 2.75) is 65.2 Å². The van der Waals surface area contributed by atoms with Crippen molar-refractivity contribution < 1.29 is 9.47 Å². The van der Waals surface area contributed by atoms with Crippen LogP contribution in [0.5, 0.6) is 0 Å². The number of halogens is 1. The molecular formula is C25H43IN4O2. The van der Waals surface area contributed by atoms with Crippen LogP contribution in [0, 0.1) is 5.92 Å². The van der Waals surface area contributed by atoms with Crippen LogP contribution in [0.4, 0.5) is 0 Å². The van der Waals surface area contributed by atoms with Crippen LogP contribution < -0.4 is 10.6 Å². The standard InChI is InChI=1S/C25H42N4O2.HI/c1-3-26-25(27-12-5-13-29-14-8-21(2)9-15-29)28-19-22-6-4-7-23(18-22)20-31-24-10-16-30-17-11-24;/h4,6-7,18,21,24H,3,5,8-17,19-20H2,1-2H3,(H2,26,27,28);1H. The number of aliphatic imine (C=N–C) groups is 1. The Balaban J connectivity index is 0.00000363. The smallest absolute Gasteiger partial charge is 0.191 e. The molecule has 2 heterocycles. The summed E-state index contributed by atoms with van der Waals surface area (Å²) in [6, 6.07) is 8.59. The summed E-state index contributed by atoms with van der Waals surface area (Å²) in [5.41, 5.74) is 2.43. The zero-order valence-electron chi connectivity index (χ0n) is 20.0. The quantitative estimate of drug-likeness (QED) is 0.195. The third-order valence-electron chi connectivity index (χ3n) is 6.23. The fourth-order valence-corrected chi connectivity index (χ4v) is 4.18. The van der Waals surface area contributed by atoms with Gasteiger partial charge in [-0.1, -0.05) is 31.2 Å². The van der Waals surface area contributed by atoms with Crippen LogP contribution in [-0.4, -0.2) is 62.9 Å². The average molecular weight is 559 g/mol. The molecule has 0 amide bonds. The molecule has 1 aromatic carbocycles. The predicted octanol–water partition coefficient (Wildman–Crippen LogP) is 4.18. The van der Waals surface area contributed by atoms with Crippen molar-refractivity contribution in [3.05, 3.63) is 35.4 Å². The van der Waals surface area contributed by atoms with E-state index < -0.39 is 0 Å². The van der Waals surface area contributed by atoms with E-state index in [0.717, 1.165) is 57.4 Å². The van der Waals surface area contributed by atoms with Gasteiger partial charge in [0.25, 0.3) is 0 Å². The Bertz CT molecular complexity index is 659. The largest absolute Gasteiger partial charge is 0.381 e. The zero-order valence-corrected chi connectivity index (χ0v) is 22.3. The van der Waals surface area contributed by atoms with Crippen molar-refractivity contribution in [1.29, 1.82) is 0 Å². The summed E-state index contributed by atoms with van der Waals surface area (Å²) in [5, 5.41) is 6.87. The molecule has 3 rings (SSSR count). The van der Waals surface area contributed by atoms with Crippen LogP contribution in [0.3, 0.4) is 0 Å². The van der Waals surface area contributed by atoms with Crippen LogP contribution in [0.2, 0.25) is 0 Å². The Hall–Kier alpha value is -0.900. The number of hydrogen-bond donors (Lipinski definition) is 2. The molecule has 2 saturated heterocycles. The van der Waals surface area contributed by atoms with Gasteiger partial charge in [0, 0.05) is 26.3 Å². The first kappa shape index (κ1) is 27.3. The highest BCUT2D eigenvalue weighted by atomic mass is 127. The second kappa shape index (κ2) is 15.9. The third-order valence-corrected chi connectivity index (χ3v) is 6.23. The fourth-order valence-electron chi connectivity index (χ4n) is 4.18. The second-order valence-electron chi connectivity index (χ2n) is 8.94. The lowest BCUT2D eigenvalue weighted by molar-refractivity contribution is -0.0390. The molecule has 7 heteroatoms. The van der Waals surface area contributed by atoms with E-state index in [-0.39, 0.29) is 24.0 Å². The lowest BCUT2D eigenvalue weighted by Crippen LogP contribution is -2.39. The van der Waals surface area contributed by atoms with Crippen LogP contribution in [0.15, 0.2) is 29.3 Å². The van der Waals surface area contributed by atoms with E-state index in [2.05, 4.69) is 53.6 Å². The van der Waals surface area contributed by atoms with E-state index in [0.29, 0.717) is 19.3 Å². The minimum Gasteiger partial charge on any atom is -0.381 e. The minimum absolute atomic E-state index is 0. The number of nitrogens with one attached hydrogen (secondary N) is 2. The molecule has 0 unspecified atom stereocenters. The van der Waals surface area contributed by atoms with Gasteiger partial charge in [0.05, 0.1) is 19.3 Å². The Morgan fingerprint density at radius 1 is 1.12 bits per heavy atom. The van der Waals surface area contributed by atoms with E-state index in [4.69, 9.17) is 14.5 Å². The van der Waals surface area contributed by atoms with Gasteiger partial charge in [-0.25, -0.2) is 4.99 Å². The Kier molecular flexibility index (Phi) is 13.5. The van der Waals surface area contributed by atoms with Crippen molar-refractivity contribution in [3.8, 4) is 0 Å². The summed E-state index contributed by atoms with van der Waals surface area (Å²) >= 11 is 0. The molecule has 0 atom stereocenters. The van der Waals surface area contributed by atoms with E-state index in [9.17, 15) is 0 Å². The number of piperidine rings is 1. The Morgan fingerprint density at radius 3 is 2.62 bits per heavy atom. The van der Waals surface area contributed by atoms with Crippen LogP contribution in [0.1, 0.15) is 57.1 Å². The lowest BCUT2D eigenvalue weighted by atomic mass is 9.99. The molecule has 32 heavy (non-hydrogen) atoms. The molecule has 1 aromatic rings. The van der Waals surface area contributed by atoms with Gasteiger partial charge < -0.3 is 25.0 Å². The average Bonchev–Trinajstić information content (AvgIpc) is 2.81. The Labute approximate surface area is 211 Å². The maximum atomic E-state index is 6.06. The van der Waals surface area contributed by atoms with Gasteiger partial charge in [0.15, 0.2) is 5.96 Å². The normalized spacial score (nSPS) is 18.9. The Morgan fingerprint density at radius 2 is 1.88 bits per heavy atom.